The van der Waals surface area contributed by atoms with E-state index in [1.54, 1.807) is 12.1 Å². The number of para-hydroxylation sites is 1. The summed E-state index contributed by atoms with van der Waals surface area (Å²) in [6.07, 6.45) is 7.00. The SMILES string of the molecule is CC(C)(C)c1ccc(COc2ccccc2/C=C/[C@H](CCc2ccc(C(=O)O)cc2)Cc2ccc(-c3nn[nH]n3)cc2)cc1. The summed E-state index contributed by atoms with van der Waals surface area (Å²) in [4.78, 5) is 11.3. The van der Waals surface area contributed by atoms with Crippen LogP contribution in [-0.2, 0) is 24.9 Å². The van der Waals surface area contributed by atoms with Gasteiger partial charge in [-0.2, -0.15) is 5.21 Å². The lowest BCUT2D eigenvalue weighted by molar-refractivity contribution is 0.0697. The molecular formula is C37H38N4O3. The molecule has 0 saturated carbocycles. The molecule has 7 heteroatoms. The summed E-state index contributed by atoms with van der Waals surface area (Å²) in [6, 6.07) is 32.2. The molecule has 0 spiro atoms. The van der Waals surface area contributed by atoms with Gasteiger partial charge < -0.3 is 9.84 Å². The number of ether oxygens (including phenoxy) is 1. The molecule has 224 valence electrons. The highest BCUT2D eigenvalue weighted by atomic mass is 16.5. The van der Waals surface area contributed by atoms with Crippen LogP contribution in [0, 0.1) is 5.92 Å². The lowest BCUT2D eigenvalue weighted by Gasteiger charge is -2.19. The number of H-pyrrole nitrogens is 1. The Morgan fingerprint density at radius 3 is 2.23 bits per heavy atom. The third-order valence-electron chi connectivity index (χ3n) is 7.74. The van der Waals surface area contributed by atoms with E-state index in [1.807, 2.05) is 42.5 Å². The standard InChI is InChI=1S/C37H38N4O3/c1-37(2,3)33-22-15-29(16-23-33)25-44-34-7-5-4-6-30(34)17-12-27(9-8-26-10-20-32(21-11-26)36(42)43)24-28-13-18-31(19-14-28)35-38-40-41-39-35/h4-7,10-23,27H,8-9,24-25H2,1-3H3,(H,42,43)(H,38,39,40,41)/b17-12+/t27-/m0/s1. The zero-order valence-corrected chi connectivity index (χ0v) is 25.4. The predicted molar refractivity (Wildman–Crippen MR) is 173 cm³/mol. The number of carboxylic acid groups (broad SMARTS) is 1. The molecule has 7 nitrogen and oxygen atoms in total. The summed E-state index contributed by atoms with van der Waals surface area (Å²) >= 11 is 0. The Labute approximate surface area is 258 Å². The highest BCUT2D eigenvalue weighted by Crippen LogP contribution is 2.26. The quantitative estimate of drug-likeness (QED) is 0.154. The van der Waals surface area contributed by atoms with Gasteiger partial charge in [-0.25, -0.2) is 4.79 Å². The fourth-order valence-electron chi connectivity index (χ4n) is 5.06. The first kappa shape index (κ1) is 30.4. The number of nitrogens with zero attached hydrogens (tertiary/aromatic N) is 3. The molecule has 5 aromatic rings. The Balaban J connectivity index is 1.30. The number of allylic oxidation sites excluding steroid dienone is 1. The molecule has 5 rings (SSSR count). The van der Waals surface area contributed by atoms with Crippen molar-refractivity contribution in [1.82, 2.24) is 20.6 Å². The van der Waals surface area contributed by atoms with Gasteiger partial charge >= 0.3 is 5.97 Å². The van der Waals surface area contributed by atoms with E-state index in [0.29, 0.717) is 18.0 Å². The second-order valence-electron chi connectivity index (χ2n) is 12.1. The van der Waals surface area contributed by atoms with Gasteiger partial charge in [0.1, 0.15) is 12.4 Å². The van der Waals surface area contributed by atoms with Crippen LogP contribution in [-0.4, -0.2) is 31.7 Å². The molecular weight excluding hydrogens is 548 g/mol. The van der Waals surface area contributed by atoms with Gasteiger partial charge in [0, 0.05) is 11.1 Å². The highest BCUT2D eigenvalue weighted by Gasteiger charge is 2.14. The Bertz CT molecular complexity index is 1670. The Morgan fingerprint density at radius 1 is 0.886 bits per heavy atom. The van der Waals surface area contributed by atoms with Crippen LogP contribution >= 0.6 is 0 Å². The number of hydrogen-bond acceptors (Lipinski definition) is 5. The van der Waals surface area contributed by atoms with Gasteiger partial charge in [-0.05, 0) is 76.3 Å². The van der Waals surface area contributed by atoms with Crippen LogP contribution in [0.25, 0.3) is 17.5 Å². The van der Waals surface area contributed by atoms with Gasteiger partial charge in [-0.3, -0.25) is 0 Å². The summed E-state index contributed by atoms with van der Waals surface area (Å²) in [7, 11) is 0. The molecule has 44 heavy (non-hydrogen) atoms. The van der Waals surface area contributed by atoms with E-state index >= 15 is 0 Å². The van der Waals surface area contributed by atoms with Gasteiger partial charge in [-0.1, -0.05) is 112 Å². The van der Waals surface area contributed by atoms with E-state index in [0.717, 1.165) is 47.3 Å². The molecule has 2 N–H and O–H groups in total. The number of tetrazole rings is 1. The maximum Gasteiger partial charge on any atom is 0.335 e. The summed E-state index contributed by atoms with van der Waals surface area (Å²) in [6.45, 7) is 7.15. The van der Waals surface area contributed by atoms with Crippen LogP contribution in [0.3, 0.4) is 0 Å². The van der Waals surface area contributed by atoms with Crippen molar-refractivity contribution in [3.05, 3.63) is 137 Å². The third-order valence-corrected chi connectivity index (χ3v) is 7.74. The van der Waals surface area contributed by atoms with Crippen LogP contribution in [0.15, 0.2) is 103 Å². The minimum Gasteiger partial charge on any atom is -0.488 e. The Morgan fingerprint density at radius 2 is 1.57 bits per heavy atom. The normalized spacial score (nSPS) is 12.3. The zero-order valence-electron chi connectivity index (χ0n) is 25.4. The third kappa shape index (κ3) is 8.28. The van der Waals surface area contributed by atoms with Crippen molar-refractivity contribution >= 4 is 12.0 Å². The van der Waals surface area contributed by atoms with Crippen LogP contribution < -0.4 is 4.74 Å². The average Bonchev–Trinajstić information content (AvgIpc) is 3.57. The largest absolute Gasteiger partial charge is 0.488 e. The molecule has 0 aliphatic heterocycles. The Hall–Kier alpha value is -5.04. The molecule has 1 heterocycles. The number of benzene rings is 4. The number of aryl methyl sites for hydroxylation is 1. The number of carboxylic acids is 1. The zero-order chi connectivity index (χ0) is 30.9. The van der Waals surface area contributed by atoms with Crippen molar-refractivity contribution in [3.63, 3.8) is 0 Å². The van der Waals surface area contributed by atoms with Crippen molar-refractivity contribution in [1.29, 1.82) is 0 Å². The number of aromatic carboxylic acids is 1. The molecule has 0 saturated heterocycles. The fourth-order valence-corrected chi connectivity index (χ4v) is 5.06. The summed E-state index contributed by atoms with van der Waals surface area (Å²) in [5, 5.41) is 23.5. The molecule has 0 fully saturated rings. The number of aromatic amines is 1. The predicted octanol–water partition coefficient (Wildman–Crippen LogP) is 7.95. The molecule has 1 aromatic heterocycles. The summed E-state index contributed by atoms with van der Waals surface area (Å²) in [5.41, 5.74) is 7.11. The average molecular weight is 587 g/mol. The van der Waals surface area contributed by atoms with E-state index in [2.05, 4.69) is 96.0 Å². The summed E-state index contributed by atoms with van der Waals surface area (Å²) in [5.74, 6) is 0.739. The molecule has 0 aliphatic carbocycles. The number of rotatable bonds is 12. The monoisotopic (exact) mass is 586 g/mol. The molecule has 0 bridgehead atoms. The van der Waals surface area contributed by atoms with E-state index in [4.69, 9.17) is 4.74 Å². The molecule has 0 amide bonds. The maximum atomic E-state index is 11.3. The minimum atomic E-state index is -0.913. The lowest BCUT2D eigenvalue weighted by atomic mass is 9.87. The molecule has 0 radical (unpaired) electrons. The number of hydrogen-bond donors (Lipinski definition) is 2. The van der Waals surface area contributed by atoms with Crippen LogP contribution in [0.4, 0.5) is 0 Å². The van der Waals surface area contributed by atoms with Crippen molar-refractivity contribution in [2.75, 3.05) is 0 Å². The van der Waals surface area contributed by atoms with Crippen LogP contribution in [0.5, 0.6) is 5.75 Å². The van der Waals surface area contributed by atoms with Gasteiger partial charge in [0.2, 0.25) is 5.82 Å². The van der Waals surface area contributed by atoms with Crippen molar-refractivity contribution < 1.29 is 14.6 Å². The van der Waals surface area contributed by atoms with Crippen LogP contribution in [0.2, 0.25) is 0 Å². The maximum absolute atomic E-state index is 11.3. The lowest BCUT2D eigenvalue weighted by Crippen LogP contribution is -2.10. The molecule has 0 aliphatic rings. The van der Waals surface area contributed by atoms with Crippen molar-refractivity contribution in [2.45, 2.75) is 52.1 Å². The Kier molecular flexibility index (Phi) is 9.65. The van der Waals surface area contributed by atoms with E-state index in [9.17, 15) is 9.90 Å². The first-order valence-electron chi connectivity index (χ1n) is 14.9. The topological polar surface area (TPSA) is 101 Å². The second-order valence-corrected chi connectivity index (χ2v) is 12.1. The molecule has 1 atom stereocenters. The second kappa shape index (κ2) is 14.0. The first-order valence-corrected chi connectivity index (χ1v) is 14.9. The van der Waals surface area contributed by atoms with Crippen molar-refractivity contribution in [3.8, 4) is 17.1 Å². The number of carbonyl (C=O) groups is 1. The van der Waals surface area contributed by atoms with E-state index in [-0.39, 0.29) is 11.3 Å². The van der Waals surface area contributed by atoms with Gasteiger partial charge in [-0.15, -0.1) is 10.2 Å². The smallest absolute Gasteiger partial charge is 0.335 e. The first-order chi connectivity index (χ1) is 21.2. The van der Waals surface area contributed by atoms with Crippen LogP contribution in [0.1, 0.15) is 65.4 Å². The number of aromatic nitrogens is 4. The van der Waals surface area contributed by atoms with Gasteiger partial charge in [0.15, 0.2) is 0 Å². The van der Waals surface area contributed by atoms with Crippen molar-refractivity contribution in [2.24, 2.45) is 5.92 Å². The highest BCUT2D eigenvalue weighted by molar-refractivity contribution is 5.87. The minimum absolute atomic E-state index is 0.117. The van der Waals surface area contributed by atoms with E-state index in [1.165, 1.54) is 11.1 Å². The number of nitrogens with one attached hydrogen (secondary N) is 1. The summed E-state index contributed by atoms with van der Waals surface area (Å²) < 4.78 is 6.29. The molecule has 0 unspecified atom stereocenters. The van der Waals surface area contributed by atoms with E-state index < -0.39 is 5.97 Å². The van der Waals surface area contributed by atoms with Gasteiger partial charge in [0.25, 0.3) is 0 Å². The molecule has 4 aromatic carbocycles. The van der Waals surface area contributed by atoms with Gasteiger partial charge in [0.05, 0.1) is 5.56 Å². The fraction of sp³-hybridized carbons (Fsp3) is 0.243.